The largest absolute Gasteiger partial charge is 0.381 e. The zero-order valence-corrected chi connectivity index (χ0v) is 13.0. The summed E-state index contributed by atoms with van der Waals surface area (Å²) in [7, 11) is 0. The molecule has 1 heterocycles. The lowest BCUT2D eigenvalue weighted by molar-refractivity contribution is 0.0526. The van der Waals surface area contributed by atoms with Crippen molar-refractivity contribution in [1.82, 2.24) is 5.32 Å². The molecule has 2 heteroatoms. The predicted octanol–water partition coefficient (Wildman–Crippen LogP) is 3.72. The van der Waals surface area contributed by atoms with Crippen molar-refractivity contribution in [2.24, 2.45) is 5.92 Å². The van der Waals surface area contributed by atoms with Crippen molar-refractivity contribution in [3.8, 4) is 0 Å². The Morgan fingerprint density at radius 3 is 2.70 bits per heavy atom. The number of nitrogens with one attached hydrogen (secondary N) is 1. The van der Waals surface area contributed by atoms with Crippen LogP contribution in [0.5, 0.6) is 0 Å². The highest BCUT2D eigenvalue weighted by atomic mass is 16.5. The molecule has 1 N–H and O–H groups in total. The molecule has 1 aliphatic heterocycles. The number of hydrogen-bond acceptors (Lipinski definition) is 2. The second-order valence-electron chi connectivity index (χ2n) is 5.98. The molecule has 1 aromatic rings. The van der Waals surface area contributed by atoms with Crippen molar-refractivity contribution in [1.29, 1.82) is 0 Å². The van der Waals surface area contributed by atoms with Crippen LogP contribution < -0.4 is 5.32 Å². The molecule has 112 valence electrons. The van der Waals surface area contributed by atoms with Crippen molar-refractivity contribution in [3.05, 3.63) is 35.4 Å². The van der Waals surface area contributed by atoms with Gasteiger partial charge in [0.15, 0.2) is 0 Å². The average molecular weight is 275 g/mol. The quantitative estimate of drug-likeness (QED) is 0.819. The van der Waals surface area contributed by atoms with Gasteiger partial charge in [-0.3, -0.25) is 0 Å². The number of ether oxygens (including phenoxy) is 1. The van der Waals surface area contributed by atoms with E-state index >= 15 is 0 Å². The monoisotopic (exact) mass is 275 g/mol. The number of rotatable bonds is 7. The van der Waals surface area contributed by atoms with E-state index in [-0.39, 0.29) is 0 Å². The molecule has 1 atom stereocenters. The molecule has 0 saturated carbocycles. The third-order valence-electron chi connectivity index (χ3n) is 4.48. The molecule has 20 heavy (non-hydrogen) atoms. The van der Waals surface area contributed by atoms with Crippen LogP contribution in [0.3, 0.4) is 0 Å². The summed E-state index contributed by atoms with van der Waals surface area (Å²) in [6.45, 7) is 7.49. The maximum Gasteiger partial charge on any atom is 0.0469 e. The summed E-state index contributed by atoms with van der Waals surface area (Å²) in [4.78, 5) is 0. The van der Waals surface area contributed by atoms with Gasteiger partial charge in [-0.05, 0) is 62.6 Å². The summed E-state index contributed by atoms with van der Waals surface area (Å²) in [5, 5.41) is 3.77. The maximum absolute atomic E-state index is 5.51. The van der Waals surface area contributed by atoms with Gasteiger partial charge in [0.05, 0.1) is 0 Å². The molecule has 2 rings (SSSR count). The zero-order chi connectivity index (χ0) is 14.2. The van der Waals surface area contributed by atoms with Gasteiger partial charge >= 0.3 is 0 Å². The van der Waals surface area contributed by atoms with Gasteiger partial charge in [0.1, 0.15) is 0 Å². The van der Waals surface area contributed by atoms with Crippen LogP contribution in [0, 0.1) is 12.8 Å². The molecule has 0 amide bonds. The summed E-state index contributed by atoms with van der Waals surface area (Å²) in [5.74, 6) is 0.791. The smallest absolute Gasteiger partial charge is 0.0469 e. The first-order chi connectivity index (χ1) is 9.81. The van der Waals surface area contributed by atoms with E-state index in [4.69, 9.17) is 4.74 Å². The standard InChI is InChI=1S/C18H29NO/c1-3-12-19-18(17-10-13-20-14-11-17)9-8-16-7-5-4-6-15(16)2/h4-7,17-19H,3,8-14H2,1-2H3. The van der Waals surface area contributed by atoms with E-state index in [9.17, 15) is 0 Å². The van der Waals surface area contributed by atoms with E-state index in [1.54, 1.807) is 0 Å². The third-order valence-corrected chi connectivity index (χ3v) is 4.48. The van der Waals surface area contributed by atoms with Crippen molar-refractivity contribution in [2.75, 3.05) is 19.8 Å². The fraction of sp³-hybridized carbons (Fsp3) is 0.667. The van der Waals surface area contributed by atoms with Crippen molar-refractivity contribution in [3.63, 3.8) is 0 Å². The molecule has 2 nitrogen and oxygen atoms in total. The van der Waals surface area contributed by atoms with Crippen molar-refractivity contribution in [2.45, 2.75) is 52.0 Å². The highest BCUT2D eigenvalue weighted by Crippen LogP contribution is 2.23. The minimum Gasteiger partial charge on any atom is -0.381 e. The van der Waals surface area contributed by atoms with Crippen LogP contribution in [0.2, 0.25) is 0 Å². The second-order valence-corrected chi connectivity index (χ2v) is 5.98. The van der Waals surface area contributed by atoms with E-state index in [2.05, 4.69) is 43.4 Å². The Morgan fingerprint density at radius 1 is 1.25 bits per heavy atom. The summed E-state index contributed by atoms with van der Waals surface area (Å²) in [6.07, 6.45) is 6.08. The SMILES string of the molecule is CCCNC(CCc1ccccc1C)C1CCOCC1. The molecule has 1 aromatic carbocycles. The van der Waals surface area contributed by atoms with Gasteiger partial charge in [-0.15, -0.1) is 0 Å². The minimum absolute atomic E-state index is 0.651. The van der Waals surface area contributed by atoms with E-state index in [1.165, 1.54) is 43.2 Å². The van der Waals surface area contributed by atoms with Gasteiger partial charge in [0.25, 0.3) is 0 Å². The topological polar surface area (TPSA) is 21.3 Å². The fourth-order valence-electron chi connectivity index (χ4n) is 3.15. The third kappa shape index (κ3) is 4.60. The van der Waals surface area contributed by atoms with Crippen LogP contribution in [-0.4, -0.2) is 25.8 Å². The Morgan fingerprint density at radius 2 is 2.00 bits per heavy atom. The van der Waals surface area contributed by atoms with Crippen LogP contribution in [0.1, 0.15) is 43.7 Å². The molecule has 0 aliphatic carbocycles. The first-order valence-corrected chi connectivity index (χ1v) is 8.17. The lowest BCUT2D eigenvalue weighted by Gasteiger charge is -2.31. The highest BCUT2D eigenvalue weighted by Gasteiger charge is 2.23. The first-order valence-electron chi connectivity index (χ1n) is 8.17. The molecule has 0 spiro atoms. The predicted molar refractivity (Wildman–Crippen MR) is 85.1 cm³/mol. The van der Waals surface area contributed by atoms with Gasteiger partial charge in [-0.1, -0.05) is 31.2 Å². The number of benzene rings is 1. The van der Waals surface area contributed by atoms with E-state index in [0.29, 0.717) is 6.04 Å². The van der Waals surface area contributed by atoms with Gasteiger partial charge in [-0.25, -0.2) is 0 Å². The van der Waals surface area contributed by atoms with E-state index in [1.807, 2.05) is 0 Å². The molecule has 0 radical (unpaired) electrons. The summed E-state index contributed by atoms with van der Waals surface area (Å²) in [5.41, 5.74) is 2.93. The molecule has 1 saturated heterocycles. The molecule has 0 aromatic heterocycles. The zero-order valence-electron chi connectivity index (χ0n) is 13.0. The Bertz CT molecular complexity index is 385. The Kier molecular flexibility index (Phi) is 6.55. The fourth-order valence-corrected chi connectivity index (χ4v) is 3.15. The summed E-state index contributed by atoms with van der Waals surface area (Å²) < 4.78 is 5.51. The van der Waals surface area contributed by atoms with Gasteiger partial charge in [-0.2, -0.15) is 0 Å². The maximum atomic E-state index is 5.51. The molecule has 0 bridgehead atoms. The molecular weight excluding hydrogens is 246 g/mol. The van der Waals surface area contributed by atoms with E-state index < -0.39 is 0 Å². The summed E-state index contributed by atoms with van der Waals surface area (Å²) >= 11 is 0. The van der Waals surface area contributed by atoms with Gasteiger partial charge in [0.2, 0.25) is 0 Å². The van der Waals surface area contributed by atoms with Crippen molar-refractivity contribution >= 4 is 0 Å². The van der Waals surface area contributed by atoms with Crippen LogP contribution in [0.15, 0.2) is 24.3 Å². The van der Waals surface area contributed by atoms with Gasteiger partial charge in [0, 0.05) is 19.3 Å². The molecule has 1 unspecified atom stereocenters. The Balaban J connectivity index is 1.91. The lowest BCUT2D eigenvalue weighted by atomic mass is 9.87. The number of aryl methyl sites for hydroxylation is 2. The normalized spacial score (nSPS) is 18.1. The second kappa shape index (κ2) is 8.43. The minimum atomic E-state index is 0.651. The highest BCUT2D eigenvalue weighted by molar-refractivity contribution is 5.25. The van der Waals surface area contributed by atoms with Crippen LogP contribution >= 0.6 is 0 Å². The van der Waals surface area contributed by atoms with Crippen LogP contribution in [0.25, 0.3) is 0 Å². The lowest BCUT2D eigenvalue weighted by Crippen LogP contribution is -2.39. The van der Waals surface area contributed by atoms with Crippen LogP contribution in [0.4, 0.5) is 0 Å². The van der Waals surface area contributed by atoms with Gasteiger partial charge < -0.3 is 10.1 Å². The average Bonchev–Trinajstić information content (AvgIpc) is 2.50. The Hall–Kier alpha value is -0.860. The Labute approximate surface area is 123 Å². The summed E-state index contributed by atoms with van der Waals surface area (Å²) in [6, 6.07) is 9.43. The molecular formula is C18H29NO. The molecule has 1 fully saturated rings. The van der Waals surface area contributed by atoms with Crippen molar-refractivity contribution < 1.29 is 4.74 Å². The van der Waals surface area contributed by atoms with Crippen LogP contribution in [-0.2, 0) is 11.2 Å². The first kappa shape index (κ1) is 15.5. The number of hydrogen-bond donors (Lipinski definition) is 1. The van der Waals surface area contributed by atoms with E-state index in [0.717, 1.165) is 25.7 Å². The molecule has 1 aliphatic rings.